The van der Waals surface area contributed by atoms with Gasteiger partial charge in [0.15, 0.2) is 0 Å². The van der Waals surface area contributed by atoms with Gasteiger partial charge in [0, 0.05) is 23.8 Å². The first-order valence-electron chi connectivity index (χ1n) is 5.88. The minimum atomic E-state index is 0.683. The Bertz CT molecular complexity index is 412. The molecule has 1 fully saturated rings. The third-order valence-corrected chi connectivity index (χ3v) is 3.13. The molecule has 1 saturated carbocycles. The molecule has 2 rings (SSSR count). The lowest BCUT2D eigenvalue weighted by atomic mass is 10.2. The summed E-state index contributed by atoms with van der Waals surface area (Å²) in [6.45, 7) is 2.59. The van der Waals surface area contributed by atoms with Gasteiger partial charge in [0.25, 0.3) is 0 Å². The largest absolute Gasteiger partial charge is 0.399 e. The summed E-state index contributed by atoms with van der Waals surface area (Å²) in [5, 5.41) is 0.687. The van der Waals surface area contributed by atoms with Crippen molar-refractivity contribution in [2.75, 3.05) is 18.8 Å². The molecule has 2 nitrogen and oxygen atoms in total. The van der Waals surface area contributed by atoms with Gasteiger partial charge in [0.2, 0.25) is 0 Å². The fourth-order valence-electron chi connectivity index (χ4n) is 2.00. The van der Waals surface area contributed by atoms with Gasteiger partial charge in [-0.25, -0.2) is 0 Å². The van der Waals surface area contributed by atoms with Gasteiger partial charge in [-0.3, -0.25) is 4.90 Å². The molecule has 0 heterocycles. The maximum Gasteiger partial charge on any atom is 0.0601 e. The summed E-state index contributed by atoms with van der Waals surface area (Å²) >= 11 is 5.99. The zero-order chi connectivity index (χ0) is 12.3. The van der Waals surface area contributed by atoms with E-state index in [1.54, 1.807) is 6.07 Å². The lowest BCUT2D eigenvalue weighted by Gasteiger charge is -2.19. The number of terminal acetylenes is 1. The molecule has 0 atom stereocenters. The topological polar surface area (TPSA) is 29.3 Å². The first-order valence-corrected chi connectivity index (χ1v) is 6.26. The molecule has 2 N–H and O–H groups in total. The zero-order valence-electron chi connectivity index (χ0n) is 9.82. The van der Waals surface area contributed by atoms with E-state index in [9.17, 15) is 0 Å². The van der Waals surface area contributed by atoms with Crippen molar-refractivity contribution in [1.82, 2.24) is 4.90 Å². The fourth-order valence-corrected chi connectivity index (χ4v) is 2.27. The number of nitrogens with two attached hydrogens (primary N) is 1. The van der Waals surface area contributed by atoms with Crippen LogP contribution in [-0.2, 0) is 6.54 Å². The molecule has 0 spiro atoms. The van der Waals surface area contributed by atoms with E-state index in [2.05, 4.69) is 10.8 Å². The smallest absolute Gasteiger partial charge is 0.0601 e. The highest BCUT2D eigenvalue weighted by atomic mass is 35.5. The van der Waals surface area contributed by atoms with Crippen LogP contribution in [0.1, 0.15) is 18.4 Å². The van der Waals surface area contributed by atoms with Crippen LogP contribution in [0.5, 0.6) is 0 Å². The van der Waals surface area contributed by atoms with Crippen LogP contribution >= 0.6 is 11.6 Å². The number of hydrogen-bond donors (Lipinski definition) is 1. The molecule has 0 aliphatic heterocycles. The van der Waals surface area contributed by atoms with E-state index in [1.807, 2.05) is 12.1 Å². The van der Waals surface area contributed by atoms with Gasteiger partial charge < -0.3 is 5.73 Å². The molecule has 1 aliphatic rings. The normalized spacial score (nSPS) is 14.9. The molecule has 90 valence electrons. The minimum absolute atomic E-state index is 0.683. The number of benzene rings is 1. The van der Waals surface area contributed by atoms with E-state index >= 15 is 0 Å². The van der Waals surface area contributed by atoms with Gasteiger partial charge >= 0.3 is 0 Å². The van der Waals surface area contributed by atoms with Crippen LogP contribution in [0.2, 0.25) is 5.02 Å². The average molecular weight is 249 g/mol. The van der Waals surface area contributed by atoms with Crippen molar-refractivity contribution in [1.29, 1.82) is 0 Å². The van der Waals surface area contributed by atoms with Gasteiger partial charge in [-0.2, -0.15) is 0 Å². The third-order valence-electron chi connectivity index (χ3n) is 2.91. The Labute approximate surface area is 108 Å². The van der Waals surface area contributed by atoms with Crippen LogP contribution in [0.3, 0.4) is 0 Å². The Kier molecular flexibility index (Phi) is 3.93. The molecular weight excluding hydrogens is 232 g/mol. The minimum Gasteiger partial charge on any atom is -0.399 e. The lowest BCUT2D eigenvalue weighted by Crippen LogP contribution is -2.26. The predicted octanol–water partition coefficient (Wildman–Crippen LogP) is 2.77. The van der Waals surface area contributed by atoms with Crippen LogP contribution in [0.25, 0.3) is 0 Å². The van der Waals surface area contributed by atoms with E-state index in [4.69, 9.17) is 23.8 Å². The van der Waals surface area contributed by atoms with Crippen molar-refractivity contribution in [2.45, 2.75) is 19.4 Å². The Morgan fingerprint density at radius 2 is 2.18 bits per heavy atom. The maximum atomic E-state index is 5.99. The van der Waals surface area contributed by atoms with E-state index < -0.39 is 0 Å². The second kappa shape index (κ2) is 5.44. The summed E-state index contributed by atoms with van der Waals surface area (Å²) in [5.41, 5.74) is 7.62. The summed E-state index contributed by atoms with van der Waals surface area (Å²) in [5.74, 6) is 3.55. The first-order chi connectivity index (χ1) is 8.17. The summed E-state index contributed by atoms with van der Waals surface area (Å²) in [6.07, 6.45) is 8.06. The lowest BCUT2D eigenvalue weighted by molar-refractivity contribution is 0.286. The predicted molar refractivity (Wildman–Crippen MR) is 72.7 cm³/mol. The first kappa shape index (κ1) is 12.3. The van der Waals surface area contributed by atoms with Crippen molar-refractivity contribution in [3.8, 4) is 12.3 Å². The maximum absolute atomic E-state index is 5.99. The van der Waals surface area contributed by atoms with Crippen molar-refractivity contribution in [3.05, 3.63) is 28.8 Å². The van der Waals surface area contributed by atoms with E-state index in [1.165, 1.54) is 12.8 Å². The number of halogens is 1. The molecule has 17 heavy (non-hydrogen) atoms. The Hall–Kier alpha value is -1.17. The molecule has 0 bridgehead atoms. The molecule has 0 amide bonds. The molecule has 1 aromatic rings. The van der Waals surface area contributed by atoms with Crippen LogP contribution < -0.4 is 5.73 Å². The molecule has 0 unspecified atom stereocenters. The van der Waals surface area contributed by atoms with Crippen molar-refractivity contribution in [3.63, 3.8) is 0 Å². The van der Waals surface area contributed by atoms with Crippen molar-refractivity contribution in [2.24, 2.45) is 5.92 Å². The number of anilines is 1. The van der Waals surface area contributed by atoms with Gasteiger partial charge in [-0.05, 0) is 42.5 Å². The molecule has 1 aromatic carbocycles. The fraction of sp³-hybridized carbons (Fsp3) is 0.429. The van der Waals surface area contributed by atoms with E-state index in [0.29, 0.717) is 17.3 Å². The third kappa shape index (κ3) is 3.96. The zero-order valence-corrected chi connectivity index (χ0v) is 10.6. The van der Waals surface area contributed by atoms with Gasteiger partial charge in [0.1, 0.15) is 0 Å². The average Bonchev–Trinajstić information content (AvgIpc) is 3.00. The van der Waals surface area contributed by atoms with Crippen molar-refractivity contribution >= 4 is 17.3 Å². The monoisotopic (exact) mass is 248 g/mol. The Morgan fingerprint density at radius 1 is 1.41 bits per heavy atom. The van der Waals surface area contributed by atoms with Gasteiger partial charge in [-0.1, -0.05) is 17.5 Å². The van der Waals surface area contributed by atoms with Gasteiger partial charge in [0.05, 0.1) is 6.54 Å². The highest BCUT2D eigenvalue weighted by Crippen LogP contribution is 2.30. The SMILES string of the molecule is C#CCN(Cc1cc(N)cc(Cl)c1)CC1CC1. The number of nitrogen functional groups attached to an aromatic ring is 1. The Morgan fingerprint density at radius 3 is 2.76 bits per heavy atom. The molecule has 0 saturated heterocycles. The molecule has 3 heteroatoms. The number of hydrogen-bond acceptors (Lipinski definition) is 2. The standard InChI is InChI=1S/C14H17ClN2/c1-2-5-17(9-11-3-4-11)10-12-6-13(15)8-14(16)7-12/h1,6-8,11H,3-5,9-10,16H2. The van der Waals surface area contributed by atoms with Crippen LogP contribution in [0.4, 0.5) is 5.69 Å². The molecular formula is C14H17ClN2. The van der Waals surface area contributed by atoms with Crippen LogP contribution in [0, 0.1) is 18.3 Å². The number of rotatable bonds is 5. The second-order valence-corrected chi connectivity index (χ2v) is 5.15. The number of nitrogens with zero attached hydrogens (tertiary/aromatic N) is 1. The highest BCUT2D eigenvalue weighted by Gasteiger charge is 2.23. The second-order valence-electron chi connectivity index (χ2n) is 4.71. The molecule has 0 radical (unpaired) electrons. The van der Waals surface area contributed by atoms with Crippen molar-refractivity contribution < 1.29 is 0 Å². The van der Waals surface area contributed by atoms with Gasteiger partial charge in [-0.15, -0.1) is 6.42 Å². The van der Waals surface area contributed by atoms with Crippen LogP contribution in [0.15, 0.2) is 18.2 Å². The van der Waals surface area contributed by atoms with E-state index in [-0.39, 0.29) is 0 Å². The molecule has 1 aliphatic carbocycles. The highest BCUT2D eigenvalue weighted by molar-refractivity contribution is 6.30. The Balaban J connectivity index is 2.02. The summed E-state index contributed by atoms with van der Waals surface area (Å²) in [4.78, 5) is 2.28. The summed E-state index contributed by atoms with van der Waals surface area (Å²) in [6, 6.07) is 5.67. The quantitative estimate of drug-likeness (QED) is 0.641. The van der Waals surface area contributed by atoms with E-state index in [0.717, 1.165) is 24.6 Å². The van der Waals surface area contributed by atoms with Crippen LogP contribution in [-0.4, -0.2) is 18.0 Å². The summed E-state index contributed by atoms with van der Waals surface area (Å²) in [7, 11) is 0. The molecule has 0 aromatic heterocycles. The summed E-state index contributed by atoms with van der Waals surface area (Å²) < 4.78 is 0.